The Morgan fingerprint density at radius 2 is 1.86 bits per heavy atom. The van der Waals surface area contributed by atoms with Crippen LogP contribution in [0.15, 0.2) is 60.1 Å². The second-order valence-electron chi connectivity index (χ2n) is 6.70. The smallest absolute Gasteiger partial charge is 0.254 e. The fourth-order valence-electron chi connectivity index (χ4n) is 2.67. The molecule has 7 nitrogen and oxygen atoms in total. The Morgan fingerprint density at radius 3 is 2.28 bits per heavy atom. The number of nitrogens with two attached hydrogens (primary N) is 1. The number of ether oxygens (including phenoxy) is 1. The molecular formula is C22H36N4O3. The minimum Gasteiger partial charge on any atom is -0.496 e. The molecule has 0 aliphatic rings. The first-order chi connectivity index (χ1) is 13.6. The molecule has 0 aromatic heterocycles. The molecule has 0 radical (unpaired) electrons. The molecule has 0 spiro atoms. The van der Waals surface area contributed by atoms with Gasteiger partial charge in [0.15, 0.2) is 0 Å². The van der Waals surface area contributed by atoms with E-state index in [1.165, 1.54) is 7.11 Å². The number of hydrogen-bond acceptors (Lipinski definition) is 5. The van der Waals surface area contributed by atoms with Crippen LogP contribution in [0.2, 0.25) is 0 Å². The van der Waals surface area contributed by atoms with Crippen molar-refractivity contribution in [1.29, 1.82) is 0 Å². The van der Waals surface area contributed by atoms with Crippen LogP contribution in [0.5, 0.6) is 0 Å². The molecule has 162 valence electrons. The first-order valence-corrected chi connectivity index (χ1v) is 9.61. The Labute approximate surface area is 175 Å². The monoisotopic (exact) mass is 404 g/mol. The first-order valence-electron chi connectivity index (χ1n) is 9.61. The number of amides is 2. The summed E-state index contributed by atoms with van der Waals surface area (Å²) >= 11 is 0. The fourth-order valence-corrected chi connectivity index (χ4v) is 2.67. The van der Waals surface area contributed by atoms with Crippen LogP contribution in [0.3, 0.4) is 0 Å². The third-order valence-corrected chi connectivity index (χ3v) is 4.65. The lowest BCUT2D eigenvalue weighted by Gasteiger charge is -2.40. The van der Waals surface area contributed by atoms with Crippen molar-refractivity contribution < 1.29 is 14.3 Å². The molecule has 1 atom stereocenters. The van der Waals surface area contributed by atoms with Gasteiger partial charge < -0.3 is 20.8 Å². The highest BCUT2D eigenvalue weighted by molar-refractivity contribution is 5.97. The maximum Gasteiger partial charge on any atom is 0.254 e. The second kappa shape index (κ2) is 12.6. The number of methoxy groups -OCH3 is 1. The number of rotatable bonds is 13. The van der Waals surface area contributed by atoms with Crippen LogP contribution < -0.4 is 16.6 Å². The van der Waals surface area contributed by atoms with Crippen molar-refractivity contribution in [3.8, 4) is 0 Å². The van der Waals surface area contributed by atoms with E-state index in [4.69, 9.17) is 10.5 Å². The number of primary amides is 1. The van der Waals surface area contributed by atoms with Crippen molar-refractivity contribution in [3.05, 3.63) is 60.1 Å². The van der Waals surface area contributed by atoms with Gasteiger partial charge in [-0.2, -0.15) is 0 Å². The van der Waals surface area contributed by atoms with Crippen molar-refractivity contribution in [2.45, 2.75) is 46.1 Å². The van der Waals surface area contributed by atoms with E-state index < -0.39 is 11.4 Å². The predicted molar refractivity (Wildman–Crippen MR) is 118 cm³/mol. The maximum absolute atomic E-state index is 13.6. The molecule has 0 saturated carbocycles. The van der Waals surface area contributed by atoms with E-state index in [1.807, 2.05) is 33.8 Å². The van der Waals surface area contributed by atoms with Gasteiger partial charge in [0, 0.05) is 18.3 Å². The summed E-state index contributed by atoms with van der Waals surface area (Å²) < 4.78 is 5.42. The van der Waals surface area contributed by atoms with E-state index in [0.29, 0.717) is 29.9 Å². The third-order valence-electron chi connectivity index (χ3n) is 4.65. The van der Waals surface area contributed by atoms with E-state index in [0.717, 1.165) is 0 Å². The molecule has 2 amide bonds. The van der Waals surface area contributed by atoms with E-state index in [2.05, 4.69) is 24.0 Å². The first kappa shape index (κ1) is 26.2. The van der Waals surface area contributed by atoms with Crippen molar-refractivity contribution >= 4 is 11.8 Å². The highest BCUT2D eigenvalue weighted by Gasteiger charge is 2.34. The van der Waals surface area contributed by atoms with Gasteiger partial charge in [0.2, 0.25) is 5.91 Å². The van der Waals surface area contributed by atoms with Gasteiger partial charge in [0.1, 0.15) is 5.76 Å². The Hall–Kier alpha value is -2.80. The zero-order valence-corrected chi connectivity index (χ0v) is 18.6. The zero-order valence-electron chi connectivity index (χ0n) is 18.6. The molecule has 0 saturated heterocycles. The minimum absolute atomic E-state index is 0.00507. The lowest BCUT2D eigenvalue weighted by molar-refractivity contribution is -0.131. The minimum atomic E-state index is -0.719. The Balaban J connectivity index is 6.38. The molecule has 0 aliphatic carbocycles. The summed E-state index contributed by atoms with van der Waals surface area (Å²) in [5.41, 5.74) is 11.6. The number of nitrogens with one attached hydrogen (secondary N) is 2. The van der Waals surface area contributed by atoms with Crippen molar-refractivity contribution in [3.63, 3.8) is 0 Å². The molecule has 0 fully saturated rings. The molecule has 0 aliphatic heterocycles. The van der Waals surface area contributed by atoms with Crippen molar-refractivity contribution in [2.24, 2.45) is 5.73 Å². The summed E-state index contributed by atoms with van der Waals surface area (Å²) in [6.45, 7) is 15.3. The van der Waals surface area contributed by atoms with Crippen LogP contribution in [0.4, 0.5) is 0 Å². The Bertz CT molecular complexity index is 707. The molecule has 0 bridgehead atoms. The highest BCUT2D eigenvalue weighted by atomic mass is 16.5. The van der Waals surface area contributed by atoms with Gasteiger partial charge in [0.05, 0.1) is 24.8 Å². The van der Waals surface area contributed by atoms with Crippen LogP contribution in [-0.4, -0.2) is 43.0 Å². The molecule has 0 aromatic carbocycles. The van der Waals surface area contributed by atoms with E-state index in [-0.39, 0.29) is 18.0 Å². The van der Waals surface area contributed by atoms with Crippen LogP contribution in [0, 0.1) is 0 Å². The highest BCUT2D eigenvalue weighted by Crippen LogP contribution is 2.27. The molecule has 0 heterocycles. The molecule has 0 aromatic rings. The van der Waals surface area contributed by atoms with Gasteiger partial charge >= 0.3 is 0 Å². The number of allylic oxidation sites excluding steroid dienone is 3. The molecular weight excluding hydrogens is 368 g/mol. The second-order valence-corrected chi connectivity index (χ2v) is 6.70. The normalized spacial score (nSPS) is 14.3. The van der Waals surface area contributed by atoms with Crippen LogP contribution in [0.1, 0.15) is 40.5 Å². The number of hydrazine groups is 1. The molecule has 1 unspecified atom stereocenters. The SMILES string of the molecule is C=C(/C=C\C(C)(CC)N(CC(=C)C(N)=O)C(=O)/C(CC)=C(/C=C\C)OC)NNC. The molecule has 0 rings (SSSR count). The summed E-state index contributed by atoms with van der Waals surface area (Å²) in [5, 5.41) is 0. The summed E-state index contributed by atoms with van der Waals surface area (Å²) in [4.78, 5) is 26.8. The van der Waals surface area contributed by atoms with Gasteiger partial charge in [-0.3, -0.25) is 9.59 Å². The maximum atomic E-state index is 13.6. The lowest BCUT2D eigenvalue weighted by Crippen LogP contribution is -2.50. The number of nitrogens with zero attached hydrogens (tertiary/aromatic N) is 1. The summed E-state index contributed by atoms with van der Waals surface area (Å²) in [7, 11) is 3.26. The molecule has 4 N–H and O–H groups in total. The van der Waals surface area contributed by atoms with Gasteiger partial charge in [-0.05, 0) is 38.8 Å². The van der Waals surface area contributed by atoms with Gasteiger partial charge in [-0.15, -0.1) is 0 Å². The van der Waals surface area contributed by atoms with Gasteiger partial charge in [0.25, 0.3) is 5.91 Å². The van der Waals surface area contributed by atoms with E-state index >= 15 is 0 Å². The number of carbonyl (C=O) groups is 2. The zero-order chi connectivity index (χ0) is 22.6. The Kier molecular flexibility index (Phi) is 11.4. The van der Waals surface area contributed by atoms with E-state index in [1.54, 1.807) is 30.2 Å². The van der Waals surface area contributed by atoms with Gasteiger partial charge in [-0.1, -0.05) is 39.2 Å². The molecule has 7 heteroatoms. The standard InChI is InChI=1S/C22H36N4O3/c1-9-12-19(29-8)18(10-2)21(28)26(15-16(4)20(23)27)22(6,11-3)14-13-17(5)25-24-7/h9,12-14,24-25H,4-5,10-11,15H2,1-3,6-8H3,(H2,23,27)/b12-9-,14-13-,19-18-. The average molecular weight is 405 g/mol. The summed E-state index contributed by atoms with van der Waals surface area (Å²) in [6.07, 6.45) is 8.27. The third kappa shape index (κ3) is 7.62. The average Bonchev–Trinajstić information content (AvgIpc) is 2.69. The van der Waals surface area contributed by atoms with Gasteiger partial charge in [-0.25, -0.2) is 5.43 Å². The fraction of sp³-hybridized carbons (Fsp3) is 0.455. The quantitative estimate of drug-likeness (QED) is 0.190. The summed E-state index contributed by atoms with van der Waals surface area (Å²) in [6, 6.07) is 0. The summed E-state index contributed by atoms with van der Waals surface area (Å²) in [5.74, 6) is -0.404. The van der Waals surface area contributed by atoms with Crippen molar-refractivity contribution in [2.75, 3.05) is 20.7 Å². The van der Waals surface area contributed by atoms with E-state index in [9.17, 15) is 9.59 Å². The van der Waals surface area contributed by atoms with Crippen molar-refractivity contribution in [1.82, 2.24) is 15.8 Å². The lowest BCUT2D eigenvalue weighted by atomic mass is 9.92. The van der Waals surface area contributed by atoms with Crippen LogP contribution in [0.25, 0.3) is 0 Å². The van der Waals surface area contributed by atoms with Crippen LogP contribution >= 0.6 is 0 Å². The predicted octanol–water partition coefficient (Wildman–Crippen LogP) is 2.71. The topological polar surface area (TPSA) is 96.7 Å². The van der Waals surface area contributed by atoms with Crippen LogP contribution in [-0.2, 0) is 14.3 Å². The number of hydrogen-bond donors (Lipinski definition) is 3. The largest absolute Gasteiger partial charge is 0.496 e. The molecule has 29 heavy (non-hydrogen) atoms. The Morgan fingerprint density at radius 1 is 1.24 bits per heavy atom. The number of carbonyl (C=O) groups excluding carboxylic acids is 2.